The van der Waals surface area contributed by atoms with Crippen molar-refractivity contribution >= 4 is 23.7 Å². The average Bonchev–Trinajstić information content (AvgIpc) is 3.22. The molecular weight excluding hydrogens is 346 g/mol. The van der Waals surface area contributed by atoms with Gasteiger partial charge in [-0.25, -0.2) is 5.43 Å². The third kappa shape index (κ3) is 4.60. The van der Waals surface area contributed by atoms with Crippen LogP contribution in [0.2, 0.25) is 0 Å². The van der Waals surface area contributed by atoms with Crippen LogP contribution in [0.1, 0.15) is 26.5 Å². The van der Waals surface area contributed by atoms with Gasteiger partial charge in [0.2, 0.25) is 0 Å². The Morgan fingerprint density at radius 2 is 1.89 bits per heavy atom. The molecule has 0 bridgehead atoms. The van der Waals surface area contributed by atoms with Crippen molar-refractivity contribution in [3.63, 3.8) is 0 Å². The van der Waals surface area contributed by atoms with Crippen LogP contribution in [0.4, 0.5) is 5.69 Å². The van der Waals surface area contributed by atoms with Gasteiger partial charge in [0.15, 0.2) is 0 Å². The van der Waals surface area contributed by atoms with Crippen LogP contribution in [-0.2, 0) is 0 Å². The number of furan rings is 1. The van der Waals surface area contributed by atoms with E-state index >= 15 is 0 Å². The van der Waals surface area contributed by atoms with E-state index in [9.17, 15) is 9.59 Å². The van der Waals surface area contributed by atoms with Crippen LogP contribution in [0.15, 0.2) is 76.4 Å². The standard InChI is InChI=1S/C20H17N3O4/c1-26-15-7-4-6-14(12-15)19(24)22-18-10-3-2-9-17(18)20(25)23-21-13-16-8-5-11-27-16/h2-13H,1H3,(H,22,24)(H,23,25). The zero-order valence-corrected chi connectivity index (χ0v) is 14.5. The highest BCUT2D eigenvalue weighted by molar-refractivity contribution is 6.09. The second-order valence-electron chi connectivity index (χ2n) is 5.45. The number of ether oxygens (including phenoxy) is 1. The minimum Gasteiger partial charge on any atom is -0.497 e. The molecule has 7 nitrogen and oxygen atoms in total. The van der Waals surface area contributed by atoms with Crippen LogP contribution in [-0.4, -0.2) is 25.1 Å². The maximum Gasteiger partial charge on any atom is 0.273 e. The van der Waals surface area contributed by atoms with Gasteiger partial charge in [-0.05, 0) is 42.5 Å². The van der Waals surface area contributed by atoms with Crippen molar-refractivity contribution in [2.75, 3.05) is 12.4 Å². The number of anilines is 1. The SMILES string of the molecule is COc1cccc(C(=O)Nc2ccccc2C(=O)NN=Cc2ccco2)c1. The summed E-state index contributed by atoms with van der Waals surface area (Å²) >= 11 is 0. The summed E-state index contributed by atoms with van der Waals surface area (Å²) in [6.45, 7) is 0. The van der Waals surface area contributed by atoms with Gasteiger partial charge in [-0.1, -0.05) is 18.2 Å². The molecule has 3 aromatic rings. The van der Waals surface area contributed by atoms with E-state index in [1.165, 1.54) is 19.6 Å². The van der Waals surface area contributed by atoms with Gasteiger partial charge < -0.3 is 14.5 Å². The molecule has 3 rings (SSSR count). The van der Waals surface area contributed by atoms with Gasteiger partial charge in [-0.3, -0.25) is 9.59 Å². The van der Waals surface area contributed by atoms with Crippen molar-refractivity contribution in [1.82, 2.24) is 5.43 Å². The Morgan fingerprint density at radius 3 is 2.67 bits per heavy atom. The monoisotopic (exact) mass is 363 g/mol. The predicted octanol–water partition coefficient (Wildman–Crippen LogP) is 3.30. The molecule has 0 aliphatic rings. The van der Waals surface area contributed by atoms with Gasteiger partial charge in [0.05, 0.1) is 30.8 Å². The molecule has 27 heavy (non-hydrogen) atoms. The fourth-order valence-electron chi connectivity index (χ4n) is 2.33. The predicted molar refractivity (Wildman–Crippen MR) is 101 cm³/mol. The highest BCUT2D eigenvalue weighted by Gasteiger charge is 2.14. The lowest BCUT2D eigenvalue weighted by atomic mass is 10.1. The van der Waals surface area contributed by atoms with E-state index in [2.05, 4.69) is 15.8 Å². The summed E-state index contributed by atoms with van der Waals surface area (Å²) in [6, 6.07) is 16.8. The Morgan fingerprint density at radius 1 is 1.04 bits per heavy atom. The molecule has 1 aromatic heterocycles. The van der Waals surface area contributed by atoms with E-state index in [0.29, 0.717) is 22.8 Å². The average molecular weight is 363 g/mol. The molecule has 136 valence electrons. The van der Waals surface area contributed by atoms with Crippen molar-refractivity contribution < 1.29 is 18.7 Å². The smallest absolute Gasteiger partial charge is 0.273 e. The Labute approximate surface area is 155 Å². The number of carbonyl (C=O) groups excluding carboxylic acids is 2. The number of nitrogens with one attached hydrogen (secondary N) is 2. The van der Waals surface area contributed by atoms with Crippen LogP contribution >= 0.6 is 0 Å². The highest BCUT2D eigenvalue weighted by Crippen LogP contribution is 2.18. The number of benzene rings is 2. The summed E-state index contributed by atoms with van der Waals surface area (Å²) in [5.41, 5.74) is 3.48. The molecule has 0 spiro atoms. The molecule has 2 amide bonds. The summed E-state index contributed by atoms with van der Waals surface area (Å²) in [5, 5.41) is 6.58. The van der Waals surface area contributed by atoms with Crippen LogP contribution in [0, 0.1) is 0 Å². The number of rotatable bonds is 6. The summed E-state index contributed by atoms with van der Waals surface area (Å²) in [6.07, 6.45) is 2.89. The lowest BCUT2D eigenvalue weighted by Gasteiger charge is -2.10. The van der Waals surface area contributed by atoms with Crippen LogP contribution < -0.4 is 15.5 Å². The maximum absolute atomic E-state index is 12.5. The molecular formula is C20H17N3O4. The third-order valence-corrected chi connectivity index (χ3v) is 3.65. The molecule has 2 N–H and O–H groups in total. The number of carbonyl (C=O) groups is 2. The molecule has 0 atom stereocenters. The minimum atomic E-state index is -0.459. The van der Waals surface area contributed by atoms with Gasteiger partial charge in [0.25, 0.3) is 11.8 Å². The molecule has 0 radical (unpaired) electrons. The van der Waals surface area contributed by atoms with Crippen molar-refractivity contribution in [2.24, 2.45) is 5.10 Å². The molecule has 0 unspecified atom stereocenters. The second-order valence-corrected chi connectivity index (χ2v) is 5.45. The molecule has 0 saturated heterocycles. The Bertz CT molecular complexity index is 965. The Balaban J connectivity index is 1.73. The number of hydrogen-bond acceptors (Lipinski definition) is 5. The first-order chi connectivity index (χ1) is 13.2. The van der Waals surface area contributed by atoms with Gasteiger partial charge in [0.1, 0.15) is 11.5 Å². The molecule has 0 aliphatic heterocycles. The number of nitrogens with zero attached hydrogens (tertiary/aromatic N) is 1. The largest absolute Gasteiger partial charge is 0.497 e. The van der Waals surface area contributed by atoms with E-state index in [0.717, 1.165) is 0 Å². The van der Waals surface area contributed by atoms with E-state index in [4.69, 9.17) is 9.15 Å². The highest BCUT2D eigenvalue weighted by atomic mass is 16.5. The zero-order valence-electron chi connectivity index (χ0n) is 14.5. The van der Waals surface area contributed by atoms with E-state index in [-0.39, 0.29) is 11.5 Å². The van der Waals surface area contributed by atoms with Gasteiger partial charge in [-0.15, -0.1) is 0 Å². The molecule has 0 saturated carbocycles. The lowest BCUT2D eigenvalue weighted by Crippen LogP contribution is -2.21. The van der Waals surface area contributed by atoms with E-state index in [1.54, 1.807) is 60.7 Å². The van der Waals surface area contributed by atoms with Crippen LogP contribution in [0.3, 0.4) is 0 Å². The quantitative estimate of drug-likeness (QED) is 0.519. The molecule has 2 aromatic carbocycles. The summed E-state index contributed by atoms with van der Waals surface area (Å²) in [5.74, 6) is 0.267. The van der Waals surface area contributed by atoms with Gasteiger partial charge in [0, 0.05) is 5.56 Å². The first kappa shape index (κ1) is 17.9. The van der Waals surface area contributed by atoms with Crippen molar-refractivity contribution in [1.29, 1.82) is 0 Å². The summed E-state index contributed by atoms with van der Waals surface area (Å²) in [4.78, 5) is 24.9. The van der Waals surface area contributed by atoms with Crippen molar-refractivity contribution in [2.45, 2.75) is 0 Å². The summed E-state index contributed by atoms with van der Waals surface area (Å²) in [7, 11) is 1.53. The van der Waals surface area contributed by atoms with Crippen LogP contribution in [0.5, 0.6) is 5.75 Å². The number of hydrogen-bond donors (Lipinski definition) is 2. The first-order valence-electron chi connectivity index (χ1n) is 8.08. The van der Waals surface area contributed by atoms with Crippen molar-refractivity contribution in [3.8, 4) is 5.75 Å². The molecule has 1 heterocycles. The lowest BCUT2D eigenvalue weighted by molar-refractivity contribution is 0.0956. The fraction of sp³-hybridized carbons (Fsp3) is 0.0500. The van der Waals surface area contributed by atoms with Crippen molar-refractivity contribution in [3.05, 3.63) is 83.8 Å². The minimum absolute atomic E-state index is 0.283. The number of hydrazone groups is 1. The topological polar surface area (TPSA) is 92.9 Å². The normalized spacial score (nSPS) is 10.6. The number of para-hydroxylation sites is 1. The Hall–Kier alpha value is -3.87. The Kier molecular flexibility index (Phi) is 5.64. The van der Waals surface area contributed by atoms with Crippen LogP contribution in [0.25, 0.3) is 0 Å². The second kappa shape index (κ2) is 8.48. The molecule has 0 aliphatic carbocycles. The zero-order chi connectivity index (χ0) is 19.1. The maximum atomic E-state index is 12.5. The molecule has 7 heteroatoms. The van der Waals surface area contributed by atoms with E-state index < -0.39 is 5.91 Å². The number of amides is 2. The molecule has 0 fully saturated rings. The van der Waals surface area contributed by atoms with Gasteiger partial charge >= 0.3 is 0 Å². The number of methoxy groups -OCH3 is 1. The third-order valence-electron chi connectivity index (χ3n) is 3.65. The first-order valence-corrected chi connectivity index (χ1v) is 8.08. The van der Waals surface area contributed by atoms with E-state index in [1.807, 2.05) is 0 Å². The fourth-order valence-corrected chi connectivity index (χ4v) is 2.33. The van der Waals surface area contributed by atoms with Gasteiger partial charge in [-0.2, -0.15) is 5.10 Å². The summed E-state index contributed by atoms with van der Waals surface area (Å²) < 4.78 is 10.2.